The average molecular weight is 566 g/mol. The van der Waals surface area contributed by atoms with Gasteiger partial charge in [-0.15, -0.1) is 0 Å². The number of aryl methyl sites for hydroxylation is 1. The predicted octanol–water partition coefficient (Wildman–Crippen LogP) is 4.67. The number of carbonyl (C=O) groups is 2. The van der Waals surface area contributed by atoms with Gasteiger partial charge in [0.15, 0.2) is 0 Å². The smallest absolute Gasteiger partial charge is 0.244 e. The van der Waals surface area contributed by atoms with Gasteiger partial charge >= 0.3 is 0 Å². The molecule has 0 saturated heterocycles. The highest BCUT2D eigenvalue weighted by Crippen LogP contribution is 2.23. The van der Waals surface area contributed by atoms with Gasteiger partial charge in [0, 0.05) is 12.6 Å². The minimum atomic E-state index is -3.82. The number of ether oxygens (including phenoxy) is 1. The zero-order chi connectivity index (χ0) is 29.3. The third-order valence-corrected chi connectivity index (χ3v) is 7.83. The largest absolute Gasteiger partial charge is 0.489 e. The van der Waals surface area contributed by atoms with E-state index >= 15 is 0 Å². The Kier molecular flexibility index (Phi) is 10.7. The summed E-state index contributed by atoms with van der Waals surface area (Å²) in [5.41, 5.74) is 3.25. The molecule has 0 aromatic heterocycles. The van der Waals surface area contributed by atoms with Gasteiger partial charge in [0.1, 0.15) is 24.9 Å². The van der Waals surface area contributed by atoms with E-state index in [0.29, 0.717) is 18.0 Å². The van der Waals surface area contributed by atoms with E-state index in [1.165, 1.54) is 4.90 Å². The number of anilines is 1. The number of nitrogens with one attached hydrogen (secondary N) is 1. The molecule has 0 bridgehead atoms. The van der Waals surface area contributed by atoms with Crippen LogP contribution in [0.1, 0.15) is 43.9 Å². The van der Waals surface area contributed by atoms with Crippen LogP contribution in [0.2, 0.25) is 0 Å². The molecular formula is C31H39N3O5S. The maximum atomic E-state index is 13.7. The van der Waals surface area contributed by atoms with Crippen molar-refractivity contribution in [3.63, 3.8) is 0 Å². The third-order valence-electron chi connectivity index (χ3n) is 6.69. The lowest BCUT2D eigenvalue weighted by atomic mass is 10.1. The van der Waals surface area contributed by atoms with Crippen LogP contribution in [0.3, 0.4) is 0 Å². The molecule has 0 aliphatic carbocycles. The molecule has 0 saturated carbocycles. The van der Waals surface area contributed by atoms with Crippen LogP contribution in [0.4, 0.5) is 5.69 Å². The van der Waals surface area contributed by atoms with Crippen molar-refractivity contribution in [1.82, 2.24) is 10.2 Å². The molecule has 8 nitrogen and oxygen atoms in total. The fraction of sp³-hybridized carbons (Fsp3) is 0.355. The van der Waals surface area contributed by atoms with Crippen molar-refractivity contribution in [2.75, 3.05) is 17.1 Å². The molecule has 3 aromatic rings. The second-order valence-electron chi connectivity index (χ2n) is 10.0. The topological polar surface area (TPSA) is 96.0 Å². The number of carbonyl (C=O) groups excluding carboxylic acids is 2. The highest BCUT2D eigenvalue weighted by atomic mass is 32.2. The highest BCUT2D eigenvalue weighted by Gasteiger charge is 2.30. The summed E-state index contributed by atoms with van der Waals surface area (Å²) < 4.78 is 32.5. The van der Waals surface area contributed by atoms with E-state index in [4.69, 9.17) is 4.74 Å². The summed E-state index contributed by atoms with van der Waals surface area (Å²) in [6, 6.07) is 23.1. The van der Waals surface area contributed by atoms with Crippen molar-refractivity contribution in [3.05, 3.63) is 95.6 Å². The van der Waals surface area contributed by atoms with Crippen molar-refractivity contribution in [2.24, 2.45) is 0 Å². The maximum absolute atomic E-state index is 13.7. The summed E-state index contributed by atoms with van der Waals surface area (Å²) in [6.07, 6.45) is 1.81. The Bertz CT molecular complexity index is 1360. The SMILES string of the molecule is CC[C@@H](C)NC(=O)[C@@H](C)N(Cc1ccc(C)cc1)C(=O)CN(c1ccc(OCc2ccccc2)cc1)S(C)(=O)=O. The van der Waals surface area contributed by atoms with Crippen LogP contribution in [0, 0.1) is 6.92 Å². The molecule has 0 aliphatic rings. The standard InChI is InChI=1S/C31H39N3O5S/c1-6-24(3)32-31(36)25(4)33(20-26-14-12-23(2)13-15-26)30(35)21-34(40(5,37)38)28-16-18-29(19-17-28)39-22-27-10-8-7-9-11-27/h7-19,24-25H,6,20-22H2,1-5H3,(H,32,36)/t24-,25-/m1/s1. The monoisotopic (exact) mass is 565 g/mol. The second-order valence-corrected chi connectivity index (χ2v) is 11.9. The van der Waals surface area contributed by atoms with Crippen molar-refractivity contribution in [3.8, 4) is 5.75 Å². The molecule has 0 heterocycles. The van der Waals surface area contributed by atoms with E-state index in [-0.39, 0.29) is 18.5 Å². The Balaban J connectivity index is 1.81. The zero-order valence-corrected chi connectivity index (χ0v) is 24.6. The molecule has 0 unspecified atom stereocenters. The summed E-state index contributed by atoms with van der Waals surface area (Å²) in [5.74, 6) is -0.202. The molecule has 0 fully saturated rings. The zero-order valence-electron chi connectivity index (χ0n) is 23.8. The molecule has 3 rings (SSSR count). The number of rotatable bonds is 13. The lowest BCUT2D eigenvalue weighted by Crippen LogP contribution is -2.52. The number of hydrogen-bond acceptors (Lipinski definition) is 5. The number of benzene rings is 3. The van der Waals surface area contributed by atoms with E-state index in [2.05, 4.69) is 5.32 Å². The molecular weight excluding hydrogens is 526 g/mol. The Morgan fingerprint density at radius 2 is 1.52 bits per heavy atom. The van der Waals surface area contributed by atoms with E-state index in [9.17, 15) is 18.0 Å². The first-order valence-corrected chi connectivity index (χ1v) is 15.2. The fourth-order valence-electron chi connectivity index (χ4n) is 4.00. The first-order valence-electron chi connectivity index (χ1n) is 13.4. The lowest BCUT2D eigenvalue weighted by molar-refractivity contribution is -0.139. The summed E-state index contributed by atoms with van der Waals surface area (Å²) >= 11 is 0. The molecule has 9 heteroatoms. The number of nitrogens with zero attached hydrogens (tertiary/aromatic N) is 2. The quantitative estimate of drug-likeness (QED) is 0.325. The van der Waals surface area contributed by atoms with Gasteiger partial charge in [-0.2, -0.15) is 0 Å². The van der Waals surface area contributed by atoms with Gasteiger partial charge in [0.25, 0.3) is 0 Å². The molecule has 3 aromatic carbocycles. The Morgan fingerprint density at radius 1 is 0.900 bits per heavy atom. The van der Waals surface area contributed by atoms with Crippen LogP contribution in [0.25, 0.3) is 0 Å². The van der Waals surface area contributed by atoms with Crippen LogP contribution < -0.4 is 14.4 Å². The van der Waals surface area contributed by atoms with Crippen LogP contribution in [-0.4, -0.2) is 50.0 Å². The van der Waals surface area contributed by atoms with Crippen molar-refractivity contribution in [1.29, 1.82) is 0 Å². The van der Waals surface area contributed by atoms with E-state index in [0.717, 1.165) is 33.7 Å². The minimum Gasteiger partial charge on any atom is -0.489 e. The van der Waals surface area contributed by atoms with E-state index in [1.807, 2.05) is 75.4 Å². The van der Waals surface area contributed by atoms with Gasteiger partial charge in [-0.3, -0.25) is 13.9 Å². The Labute approximate surface area is 238 Å². The third kappa shape index (κ3) is 8.84. The van der Waals surface area contributed by atoms with Crippen LogP contribution in [0.15, 0.2) is 78.9 Å². The van der Waals surface area contributed by atoms with Crippen LogP contribution >= 0.6 is 0 Å². The lowest BCUT2D eigenvalue weighted by Gasteiger charge is -2.32. The molecule has 2 amide bonds. The minimum absolute atomic E-state index is 0.0542. The summed E-state index contributed by atoms with van der Waals surface area (Å²) in [6.45, 7) is 7.58. The molecule has 214 valence electrons. The fourth-order valence-corrected chi connectivity index (χ4v) is 4.85. The molecule has 40 heavy (non-hydrogen) atoms. The van der Waals surface area contributed by atoms with Gasteiger partial charge in [-0.05, 0) is 62.6 Å². The van der Waals surface area contributed by atoms with Crippen molar-refractivity contribution >= 4 is 27.5 Å². The van der Waals surface area contributed by atoms with Crippen molar-refractivity contribution < 1.29 is 22.7 Å². The van der Waals surface area contributed by atoms with Gasteiger partial charge in [0.05, 0.1) is 11.9 Å². The number of sulfonamides is 1. The molecule has 0 radical (unpaired) electrons. The normalized spacial score (nSPS) is 12.7. The van der Waals surface area contributed by atoms with Crippen LogP contribution in [0.5, 0.6) is 5.75 Å². The van der Waals surface area contributed by atoms with Crippen molar-refractivity contribution in [2.45, 2.75) is 59.4 Å². The second kappa shape index (κ2) is 14.0. The van der Waals surface area contributed by atoms with E-state index in [1.54, 1.807) is 31.2 Å². The first kappa shape index (κ1) is 30.7. The highest BCUT2D eigenvalue weighted by molar-refractivity contribution is 7.92. The number of hydrogen-bond donors (Lipinski definition) is 1. The Hall–Kier alpha value is -3.85. The molecule has 0 aliphatic heterocycles. The molecule has 1 N–H and O–H groups in total. The molecule has 2 atom stereocenters. The summed E-state index contributed by atoms with van der Waals surface area (Å²) in [4.78, 5) is 28.1. The Morgan fingerprint density at radius 3 is 2.10 bits per heavy atom. The van der Waals surface area contributed by atoms with Gasteiger partial charge < -0.3 is 15.0 Å². The molecule has 0 spiro atoms. The van der Waals surface area contributed by atoms with Gasteiger partial charge in [-0.25, -0.2) is 8.42 Å². The van der Waals surface area contributed by atoms with Crippen LogP contribution in [-0.2, 0) is 32.8 Å². The first-order chi connectivity index (χ1) is 19.0. The number of amides is 2. The predicted molar refractivity (Wildman–Crippen MR) is 158 cm³/mol. The summed E-state index contributed by atoms with van der Waals surface area (Å²) in [7, 11) is -3.82. The van der Waals surface area contributed by atoms with Gasteiger partial charge in [0.2, 0.25) is 21.8 Å². The van der Waals surface area contributed by atoms with E-state index < -0.39 is 28.5 Å². The maximum Gasteiger partial charge on any atom is 0.244 e. The summed E-state index contributed by atoms with van der Waals surface area (Å²) in [5, 5.41) is 2.93. The average Bonchev–Trinajstić information content (AvgIpc) is 2.94. The van der Waals surface area contributed by atoms with Gasteiger partial charge in [-0.1, -0.05) is 67.1 Å².